The second-order valence-electron chi connectivity index (χ2n) is 5.68. The molecule has 0 bridgehead atoms. The van der Waals surface area contributed by atoms with Crippen molar-refractivity contribution in [2.24, 2.45) is 5.92 Å². The third kappa shape index (κ3) is 3.61. The van der Waals surface area contributed by atoms with Gasteiger partial charge in [0.05, 0.1) is 6.04 Å². The van der Waals surface area contributed by atoms with E-state index in [1.165, 1.54) is 4.90 Å². The Bertz CT molecular complexity index is 494. The molecule has 0 unspecified atom stereocenters. The minimum atomic E-state index is -0.888. The highest BCUT2D eigenvalue weighted by Crippen LogP contribution is 2.26. The quantitative estimate of drug-likeness (QED) is 0.924. The maximum Gasteiger partial charge on any atom is 0.407 e. The van der Waals surface area contributed by atoms with E-state index in [1.807, 2.05) is 44.2 Å². The fourth-order valence-electron chi connectivity index (χ4n) is 2.68. The zero-order valence-electron chi connectivity index (χ0n) is 12.5. The smallest absolute Gasteiger partial charge is 0.407 e. The third-order valence-electron chi connectivity index (χ3n) is 3.90. The Labute approximate surface area is 125 Å². The van der Waals surface area contributed by atoms with Crippen LogP contribution in [0.2, 0.25) is 0 Å². The van der Waals surface area contributed by atoms with E-state index in [0.717, 1.165) is 5.56 Å². The number of carboxylic acid groups (broad SMARTS) is 1. The van der Waals surface area contributed by atoms with Crippen molar-refractivity contribution in [1.29, 1.82) is 0 Å². The summed E-state index contributed by atoms with van der Waals surface area (Å²) in [7, 11) is 0. The first-order chi connectivity index (χ1) is 10.0. The second-order valence-corrected chi connectivity index (χ2v) is 5.68. The lowest BCUT2D eigenvalue weighted by Crippen LogP contribution is -2.51. The molecule has 1 aromatic rings. The molecule has 0 aliphatic carbocycles. The van der Waals surface area contributed by atoms with Crippen molar-refractivity contribution in [3.05, 3.63) is 35.9 Å². The first-order valence-corrected chi connectivity index (χ1v) is 7.31. The Morgan fingerprint density at radius 2 is 1.62 bits per heavy atom. The third-order valence-corrected chi connectivity index (χ3v) is 3.90. The van der Waals surface area contributed by atoms with E-state index in [9.17, 15) is 9.59 Å². The van der Waals surface area contributed by atoms with Crippen LogP contribution in [0.5, 0.6) is 0 Å². The van der Waals surface area contributed by atoms with Gasteiger partial charge in [-0.1, -0.05) is 44.2 Å². The number of rotatable bonds is 4. The highest BCUT2D eigenvalue weighted by molar-refractivity contribution is 5.87. The van der Waals surface area contributed by atoms with Gasteiger partial charge in [0, 0.05) is 32.1 Å². The predicted molar refractivity (Wildman–Crippen MR) is 80.2 cm³/mol. The number of amides is 1. The molecular weight excluding hydrogens is 268 g/mol. The average Bonchev–Trinajstić information content (AvgIpc) is 2.49. The number of hydrogen-bond donors (Lipinski definition) is 1. The lowest BCUT2D eigenvalue weighted by atomic mass is 9.93. The summed E-state index contributed by atoms with van der Waals surface area (Å²) < 4.78 is 0. The Hall–Kier alpha value is -1.88. The summed E-state index contributed by atoms with van der Waals surface area (Å²) in [4.78, 5) is 27.1. The van der Waals surface area contributed by atoms with Crippen LogP contribution >= 0.6 is 0 Å². The molecule has 1 N–H and O–H groups in total. The first kappa shape index (κ1) is 15.5. The van der Waals surface area contributed by atoms with Crippen LogP contribution in [0, 0.1) is 5.92 Å². The van der Waals surface area contributed by atoms with Crippen LogP contribution in [0.3, 0.4) is 0 Å². The van der Waals surface area contributed by atoms with E-state index >= 15 is 0 Å². The van der Waals surface area contributed by atoms with Gasteiger partial charge in [0.15, 0.2) is 5.78 Å². The van der Waals surface area contributed by atoms with Crippen LogP contribution in [0.1, 0.15) is 25.5 Å². The molecule has 1 aliphatic heterocycles. The van der Waals surface area contributed by atoms with Crippen LogP contribution in [0.15, 0.2) is 30.3 Å². The number of benzene rings is 1. The van der Waals surface area contributed by atoms with Gasteiger partial charge in [-0.05, 0) is 5.56 Å². The highest BCUT2D eigenvalue weighted by atomic mass is 16.4. The van der Waals surface area contributed by atoms with Gasteiger partial charge >= 0.3 is 6.09 Å². The molecule has 5 heteroatoms. The molecule has 1 aromatic carbocycles. The molecule has 5 nitrogen and oxygen atoms in total. The number of nitrogens with zero attached hydrogens (tertiary/aromatic N) is 2. The zero-order chi connectivity index (χ0) is 15.4. The molecule has 21 heavy (non-hydrogen) atoms. The van der Waals surface area contributed by atoms with Crippen molar-refractivity contribution in [2.75, 3.05) is 26.2 Å². The molecule has 0 aromatic heterocycles. The second kappa shape index (κ2) is 6.72. The largest absolute Gasteiger partial charge is 0.465 e. The van der Waals surface area contributed by atoms with Crippen molar-refractivity contribution in [2.45, 2.75) is 19.9 Å². The SMILES string of the molecule is CC(C)C(=O)[C@@H](c1ccccc1)N1CCN(C(=O)O)CC1. The first-order valence-electron chi connectivity index (χ1n) is 7.31. The van der Waals surface area contributed by atoms with Gasteiger partial charge in [-0.25, -0.2) is 4.79 Å². The molecule has 114 valence electrons. The van der Waals surface area contributed by atoms with E-state index in [1.54, 1.807) is 0 Å². The lowest BCUT2D eigenvalue weighted by molar-refractivity contribution is -0.128. The lowest BCUT2D eigenvalue weighted by Gasteiger charge is -2.38. The highest BCUT2D eigenvalue weighted by Gasteiger charge is 2.32. The average molecular weight is 290 g/mol. The van der Waals surface area contributed by atoms with Gasteiger partial charge in [-0.3, -0.25) is 9.69 Å². The molecule has 1 aliphatic rings. The topological polar surface area (TPSA) is 60.9 Å². The standard InChI is InChI=1S/C16H22N2O3/c1-12(2)15(19)14(13-6-4-3-5-7-13)17-8-10-18(11-9-17)16(20)21/h3-7,12,14H,8-11H2,1-2H3,(H,20,21)/t14-/m1/s1. The Kier molecular flexibility index (Phi) is 4.96. The van der Waals surface area contributed by atoms with Crippen molar-refractivity contribution >= 4 is 11.9 Å². The molecule has 1 atom stereocenters. The number of ketones is 1. The van der Waals surface area contributed by atoms with Gasteiger partial charge < -0.3 is 10.0 Å². The van der Waals surface area contributed by atoms with Crippen LogP contribution < -0.4 is 0 Å². The Balaban J connectivity index is 2.18. The molecular formula is C16H22N2O3. The Morgan fingerprint density at radius 3 is 2.10 bits per heavy atom. The summed E-state index contributed by atoms with van der Waals surface area (Å²) in [6.07, 6.45) is -0.888. The summed E-state index contributed by atoms with van der Waals surface area (Å²) in [5, 5.41) is 9.02. The minimum absolute atomic E-state index is 0.0484. The summed E-state index contributed by atoms with van der Waals surface area (Å²) in [5.74, 6) is 0.137. The van der Waals surface area contributed by atoms with E-state index < -0.39 is 6.09 Å². The Morgan fingerprint density at radius 1 is 1.05 bits per heavy atom. The number of carbonyl (C=O) groups excluding carboxylic acids is 1. The maximum atomic E-state index is 12.6. The van der Waals surface area contributed by atoms with Crippen molar-refractivity contribution < 1.29 is 14.7 Å². The van der Waals surface area contributed by atoms with Gasteiger partial charge in [-0.2, -0.15) is 0 Å². The fraction of sp³-hybridized carbons (Fsp3) is 0.500. The molecule has 1 saturated heterocycles. The number of carbonyl (C=O) groups is 2. The van der Waals surface area contributed by atoms with Crippen molar-refractivity contribution in [3.63, 3.8) is 0 Å². The molecule has 0 radical (unpaired) electrons. The van der Waals surface area contributed by atoms with Crippen LogP contribution in [-0.2, 0) is 4.79 Å². The van der Waals surface area contributed by atoms with E-state index in [0.29, 0.717) is 26.2 Å². The van der Waals surface area contributed by atoms with Crippen LogP contribution in [-0.4, -0.2) is 53.0 Å². The molecule has 1 amide bonds. The zero-order valence-corrected chi connectivity index (χ0v) is 12.5. The fourth-order valence-corrected chi connectivity index (χ4v) is 2.68. The molecule has 1 heterocycles. The van der Waals surface area contributed by atoms with Gasteiger partial charge in [0.1, 0.15) is 0 Å². The van der Waals surface area contributed by atoms with Crippen LogP contribution in [0.4, 0.5) is 4.79 Å². The van der Waals surface area contributed by atoms with Crippen molar-refractivity contribution in [3.8, 4) is 0 Å². The monoisotopic (exact) mass is 290 g/mol. The predicted octanol–water partition coefficient (Wildman–Crippen LogP) is 2.25. The number of Topliss-reactive ketones (excluding diaryl/α,β-unsaturated/α-hetero) is 1. The normalized spacial score (nSPS) is 17.8. The maximum absolute atomic E-state index is 12.6. The molecule has 0 saturated carbocycles. The van der Waals surface area contributed by atoms with E-state index in [-0.39, 0.29) is 17.7 Å². The summed E-state index contributed by atoms with van der Waals surface area (Å²) >= 11 is 0. The summed E-state index contributed by atoms with van der Waals surface area (Å²) in [6.45, 7) is 5.89. The van der Waals surface area contributed by atoms with Gasteiger partial charge in [-0.15, -0.1) is 0 Å². The minimum Gasteiger partial charge on any atom is -0.465 e. The number of piperazine rings is 1. The van der Waals surface area contributed by atoms with E-state index in [2.05, 4.69) is 4.90 Å². The van der Waals surface area contributed by atoms with E-state index in [4.69, 9.17) is 5.11 Å². The molecule has 1 fully saturated rings. The molecule has 2 rings (SSSR count). The summed E-state index contributed by atoms with van der Waals surface area (Å²) in [6, 6.07) is 9.46. The molecule has 0 spiro atoms. The van der Waals surface area contributed by atoms with Crippen molar-refractivity contribution in [1.82, 2.24) is 9.80 Å². The summed E-state index contributed by atoms with van der Waals surface area (Å²) in [5.41, 5.74) is 0.986. The van der Waals surface area contributed by atoms with Gasteiger partial charge in [0.25, 0.3) is 0 Å². The van der Waals surface area contributed by atoms with Crippen LogP contribution in [0.25, 0.3) is 0 Å². The number of hydrogen-bond acceptors (Lipinski definition) is 3. The van der Waals surface area contributed by atoms with Gasteiger partial charge in [0.2, 0.25) is 0 Å².